The van der Waals surface area contributed by atoms with Gasteiger partial charge in [0.15, 0.2) is 0 Å². The maximum absolute atomic E-state index is 13.9. The van der Waals surface area contributed by atoms with Crippen LogP contribution in [0.4, 0.5) is 29.3 Å². The first kappa shape index (κ1) is 27.0. The number of nitrogens with zero attached hydrogens (tertiary/aromatic N) is 4. The first-order valence-corrected chi connectivity index (χ1v) is 13.3. The molecule has 0 N–H and O–H groups in total. The molecule has 3 aliphatic heterocycles. The number of rotatable bonds is 4. The molecule has 2 amide bonds. The van der Waals surface area contributed by atoms with Gasteiger partial charge in [-0.05, 0) is 49.2 Å². The number of amides is 2. The number of benzene rings is 2. The fourth-order valence-corrected chi connectivity index (χ4v) is 5.88. The van der Waals surface area contributed by atoms with E-state index in [-0.39, 0.29) is 25.0 Å². The first-order valence-electron chi connectivity index (χ1n) is 13.3. The quantitative estimate of drug-likeness (QED) is 0.580. The number of carbonyl (C=O) groups is 2. The van der Waals surface area contributed by atoms with Gasteiger partial charge < -0.3 is 29.1 Å². The number of carbonyl (C=O) groups excluding carboxylic acids is 2. The maximum Gasteiger partial charge on any atom is 0.416 e. The molecule has 2 aromatic carbocycles. The largest absolute Gasteiger partial charge is 0.497 e. The molecule has 11 heteroatoms. The van der Waals surface area contributed by atoms with Crippen LogP contribution in [0.2, 0.25) is 0 Å². The summed E-state index contributed by atoms with van der Waals surface area (Å²) in [7, 11) is 1.61. The predicted molar refractivity (Wildman–Crippen MR) is 140 cm³/mol. The van der Waals surface area contributed by atoms with Crippen molar-refractivity contribution in [1.82, 2.24) is 9.80 Å². The summed E-state index contributed by atoms with van der Waals surface area (Å²) in [4.78, 5) is 33.7. The van der Waals surface area contributed by atoms with E-state index in [1.54, 1.807) is 29.9 Å². The molecule has 2 saturated heterocycles. The number of hydrogen-bond donors (Lipinski definition) is 0. The smallest absolute Gasteiger partial charge is 0.416 e. The fourth-order valence-electron chi connectivity index (χ4n) is 5.88. The second kappa shape index (κ2) is 10.9. The van der Waals surface area contributed by atoms with Gasteiger partial charge in [0.05, 0.1) is 31.2 Å². The lowest BCUT2D eigenvalue weighted by Gasteiger charge is -2.50. The Balaban J connectivity index is 1.42. The highest BCUT2D eigenvalue weighted by molar-refractivity contribution is 5.83. The van der Waals surface area contributed by atoms with Crippen molar-refractivity contribution in [2.75, 3.05) is 69.3 Å². The number of anilines is 2. The van der Waals surface area contributed by atoms with Gasteiger partial charge in [0, 0.05) is 63.3 Å². The van der Waals surface area contributed by atoms with Crippen molar-refractivity contribution in [1.29, 1.82) is 0 Å². The Bertz CT molecular complexity index is 1220. The van der Waals surface area contributed by atoms with E-state index in [0.29, 0.717) is 51.4 Å². The monoisotopic (exact) mass is 546 g/mol. The van der Waals surface area contributed by atoms with Gasteiger partial charge in [-0.1, -0.05) is 6.07 Å². The molecule has 2 fully saturated rings. The lowest BCUT2D eigenvalue weighted by Crippen LogP contribution is -2.62. The lowest BCUT2D eigenvalue weighted by molar-refractivity contribution is -0.138. The third kappa shape index (κ3) is 5.44. The summed E-state index contributed by atoms with van der Waals surface area (Å²) in [6.45, 7) is 5.23. The van der Waals surface area contributed by atoms with Crippen LogP contribution in [0.25, 0.3) is 0 Å². The van der Waals surface area contributed by atoms with E-state index in [4.69, 9.17) is 9.47 Å². The van der Waals surface area contributed by atoms with Crippen LogP contribution in [-0.4, -0.2) is 87.4 Å². The van der Waals surface area contributed by atoms with Crippen molar-refractivity contribution in [2.45, 2.75) is 25.6 Å². The molecule has 39 heavy (non-hydrogen) atoms. The molecule has 0 unspecified atom stereocenters. The molecular formula is C28H33F3N4O4. The molecule has 3 heterocycles. The molecule has 2 atom stereocenters. The number of methoxy groups -OCH3 is 1. The second-order valence-electron chi connectivity index (χ2n) is 10.1. The van der Waals surface area contributed by atoms with Crippen LogP contribution in [0.3, 0.4) is 0 Å². The Labute approximate surface area is 225 Å². The van der Waals surface area contributed by atoms with Gasteiger partial charge in [-0.25, -0.2) is 4.79 Å². The Morgan fingerprint density at radius 2 is 1.72 bits per heavy atom. The van der Waals surface area contributed by atoms with Gasteiger partial charge in [-0.3, -0.25) is 4.79 Å². The molecule has 0 spiro atoms. The van der Waals surface area contributed by atoms with Gasteiger partial charge >= 0.3 is 12.3 Å². The summed E-state index contributed by atoms with van der Waals surface area (Å²) >= 11 is 0. The molecule has 210 valence electrons. The van der Waals surface area contributed by atoms with Crippen LogP contribution >= 0.6 is 0 Å². The van der Waals surface area contributed by atoms with Crippen molar-refractivity contribution >= 4 is 23.4 Å². The molecular weight excluding hydrogens is 513 g/mol. The van der Waals surface area contributed by atoms with Gasteiger partial charge in [-0.2, -0.15) is 13.2 Å². The highest BCUT2D eigenvalue weighted by atomic mass is 19.4. The number of alkyl halides is 3. The summed E-state index contributed by atoms with van der Waals surface area (Å²) in [5.74, 6) is 0.114. The summed E-state index contributed by atoms with van der Waals surface area (Å²) in [6.07, 6.45) is -4.63. The van der Waals surface area contributed by atoms with E-state index in [1.807, 2.05) is 24.3 Å². The van der Waals surface area contributed by atoms with Gasteiger partial charge in [0.1, 0.15) is 5.75 Å². The van der Waals surface area contributed by atoms with Gasteiger partial charge in [-0.15, -0.1) is 0 Å². The van der Waals surface area contributed by atoms with Gasteiger partial charge in [0.2, 0.25) is 5.91 Å². The molecule has 0 aliphatic carbocycles. The van der Waals surface area contributed by atoms with E-state index < -0.39 is 23.8 Å². The van der Waals surface area contributed by atoms with Crippen LogP contribution < -0.4 is 14.5 Å². The average molecular weight is 547 g/mol. The lowest BCUT2D eigenvalue weighted by atomic mass is 9.82. The van der Waals surface area contributed by atoms with E-state index in [2.05, 4.69) is 9.80 Å². The molecule has 2 aromatic rings. The van der Waals surface area contributed by atoms with Crippen molar-refractivity contribution < 1.29 is 32.2 Å². The summed E-state index contributed by atoms with van der Waals surface area (Å²) in [5.41, 5.74) is 1.57. The van der Waals surface area contributed by atoms with Crippen molar-refractivity contribution in [3.05, 3.63) is 53.6 Å². The zero-order chi connectivity index (χ0) is 27.7. The van der Waals surface area contributed by atoms with E-state index in [0.717, 1.165) is 23.2 Å². The second-order valence-corrected chi connectivity index (χ2v) is 10.1. The van der Waals surface area contributed by atoms with Crippen LogP contribution in [0, 0.1) is 5.92 Å². The number of ether oxygens (including phenoxy) is 2. The highest BCUT2D eigenvalue weighted by Crippen LogP contribution is 2.41. The molecule has 0 aromatic heterocycles. The zero-order valence-corrected chi connectivity index (χ0v) is 22.1. The summed E-state index contributed by atoms with van der Waals surface area (Å²) in [6, 6.07) is 11.4. The fraction of sp³-hybridized carbons (Fsp3) is 0.500. The molecule has 8 nitrogen and oxygen atoms in total. The average Bonchev–Trinajstić information content (AvgIpc) is 2.95. The van der Waals surface area contributed by atoms with Crippen molar-refractivity contribution in [3.8, 4) is 5.75 Å². The Morgan fingerprint density at radius 1 is 0.974 bits per heavy atom. The number of halogens is 3. The Morgan fingerprint density at radius 3 is 2.41 bits per heavy atom. The van der Waals surface area contributed by atoms with Crippen LogP contribution in [-0.2, 0) is 22.1 Å². The van der Waals surface area contributed by atoms with Crippen LogP contribution in [0.15, 0.2) is 42.5 Å². The van der Waals surface area contributed by atoms with E-state index >= 15 is 0 Å². The SMILES string of the molecule is CCOC(=O)N1CCN(C(=O)[C@@H]2Cc3cc(C(F)(F)F)ccc3N3CCN(c4cccc(OC)c4)C[C@@H]23)CC1. The van der Waals surface area contributed by atoms with Gasteiger partial charge in [0.25, 0.3) is 0 Å². The number of hydrogen-bond acceptors (Lipinski definition) is 6. The number of piperazine rings is 2. The highest BCUT2D eigenvalue weighted by Gasteiger charge is 2.44. The summed E-state index contributed by atoms with van der Waals surface area (Å²) < 4.78 is 51.1. The zero-order valence-electron chi connectivity index (χ0n) is 22.1. The van der Waals surface area contributed by atoms with Crippen molar-refractivity contribution in [3.63, 3.8) is 0 Å². The standard InChI is InChI=1S/C28H33F3N4O4/c1-3-39-27(37)33-11-9-32(10-12-33)26(36)23-16-19-15-20(28(29,30)31)7-8-24(19)35-14-13-34(18-25(23)35)21-5-4-6-22(17-21)38-2/h4-8,15,17,23,25H,3,9-14,16,18H2,1-2H3/t23-,25+/m1/s1. The van der Waals surface area contributed by atoms with E-state index in [1.165, 1.54) is 6.07 Å². The molecule has 3 aliphatic rings. The third-order valence-electron chi connectivity index (χ3n) is 7.89. The normalized spacial score (nSPS) is 21.3. The van der Waals surface area contributed by atoms with E-state index in [9.17, 15) is 22.8 Å². The number of fused-ring (bicyclic) bond motifs is 3. The summed E-state index contributed by atoms with van der Waals surface area (Å²) in [5, 5.41) is 0. The minimum absolute atomic E-state index is 0.0935. The molecule has 0 saturated carbocycles. The molecule has 5 rings (SSSR count). The van der Waals surface area contributed by atoms with Crippen LogP contribution in [0.5, 0.6) is 5.75 Å². The van der Waals surface area contributed by atoms with Crippen LogP contribution in [0.1, 0.15) is 18.1 Å². The topological polar surface area (TPSA) is 65.6 Å². The minimum atomic E-state index is -4.46. The third-order valence-corrected chi connectivity index (χ3v) is 7.89. The minimum Gasteiger partial charge on any atom is -0.497 e. The Kier molecular flexibility index (Phi) is 7.51. The predicted octanol–water partition coefficient (Wildman–Crippen LogP) is 3.88. The maximum atomic E-state index is 13.9. The molecule has 0 radical (unpaired) electrons. The van der Waals surface area contributed by atoms with Crippen molar-refractivity contribution in [2.24, 2.45) is 5.92 Å². The Hall–Kier alpha value is -3.63. The molecule has 0 bridgehead atoms. The first-order chi connectivity index (χ1) is 18.7.